The van der Waals surface area contributed by atoms with Crippen molar-refractivity contribution in [2.75, 3.05) is 38.6 Å². The fourth-order valence-electron chi connectivity index (χ4n) is 3.54. The zero-order valence-corrected chi connectivity index (χ0v) is 20.3. The number of carbonyl (C=O) groups is 1. The molecule has 2 aromatic carbocycles. The van der Waals surface area contributed by atoms with E-state index in [1.807, 2.05) is 45.0 Å². The summed E-state index contributed by atoms with van der Waals surface area (Å²) in [4.78, 5) is 14.5. The van der Waals surface area contributed by atoms with E-state index in [1.54, 1.807) is 30.3 Å². The Bertz CT molecular complexity index is 999. The van der Waals surface area contributed by atoms with E-state index >= 15 is 0 Å². The summed E-state index contributed by atoms with van der Waals surface area (Å²) in [5, 5.41) is 0. The Morgan fingerprint density at radius 2 is 1.79 bits per heavy atom. The third-order valence-electron chi connectivity index (χ3n) is 5.18. The van der Waals surface area contributed by atoms with Crippen molar-refractivity contribution in [1.29, 1.82) is 0 Å². The van der Waals surface area contributed by atoms with Crippen LogP contribution in [0.25, 0.3) is 0 Å². The number of rotatable bonds is 9. The van der Waals surface area contributed by atoms with Crippen LogP contribution >= 0.6 is 0 Å². The molecule has 2 aromatic rings. The monoisotopic (exact) mass is 475 g/mol. The lowest BCUT2D eigenvalue weighted by atomic mass is 10.1. The third-order valence-corrected chi connectivity index (χ3v) is 6.87. The van der Waals surface area contributed by atoms with E-state index in [9.17, 15) is 13.2 Å². The highest BCUT2D eigenvalue weighted by molar-refractivity contribution is 7.91. The maximum atomic E-state index is 12.3. The van der Waals surface area contributed by atoms with Crippen LogP contribution in [0.4, 0.5) is 0 Å². The molecule has 0 saturated carbocycles. The first kappa shape index (κ1) is 25.2. The van der Waals surface area contributed by atoms with Crippen LogP contribution in [0.1, 0.15) is 38.9 Å². The highest BCUT2D eigenvalue weighted by Gasteiger charge is 2.24. The van der Waals surface area contributed by atoms with Crippen LogP contribution < -0.4 is 4.74 Å². The fraction of sp³-hybridized carbons (Fsp3) is 0.480. The molecule has 8 heteroatoms. The predicted octanol–water partition coefficient (Wildman–Crippen LogP) is 3.64. The van der Waals surface area contributed by atoms with Crippen molar-refractivity contribution < 1.29 is 27.4 Å². The molecule has 1 aliphatic heterocycles. The first-order valence-electron chi connectivity index (χ1n) is 11.2. The largest absolute Gasteiger partial charge is 0.493 e. The summed E-state index contributed by atoms with van der Waals surface area (Å²) in [5.41, 5.74) is 0.543. The Morgan fingerprint density at radius 3 is 2.45 bits per heavy atom. The molecule has 33 heavy (non-hydrogen) atoms. The number of benzene rings is 2. The Morgan fingerprint density at radius 1 is 1.09 bits per heavy atom. The van der Waals surface area contributed by atoms with Crippen molar-refractivity contribution in [3.8, 4) is 5.75 Å². The molecule has 0 aromatic heterocycles. The van der Waals surface area contributed by atoms with Gasteiger partial charge in [0.1, 0.15) is 18.0 Å². The minimum absolute atomic E-state index is 0.0783. The van der Waals surface area contributed by atoms with Crippen molar-refractivity contribution in [2.24, 2.45) is 0 Å². The zero-order valence-electron chi connectivity index (χ0n) is 19.5. The predicted molar refractivity (Wildman–Crippen MR) is 126 cm³/mol. The summed E-state index contributed by atoms with van der Waals surface area (Å²) in [5.74, 6) is 0.331. The van der Waals surface area contributed by atoms with Gasteiger partial charge >= 0.3 is 5.97 Å². The number of hydrogen-bond donors (Lipinski definition) is 0. The summed E-state index contributed by atoms with van der Waals surface area (Å²) >= 11 is 0. The molecule has 0 bridgehead atoms. The van der Waals surface area contributed by atoms with Gasteiger partial charge in [0.25, 0.3) is 0 Å². The maximum Gasteiger partial charge on any atom is 0.307 e. The standard InChI is InChI=1S/C25H33NO6S/c1-25(2,3)32-24(27)13-14-26-15-16-31-23(19-26)20-9-11-21(12-10-20)30-17-18-33(28,29)22-7-5-4-6-8-22/h4-12,23H,13-19H2,1-3H3. The highest BCUT2D eigenvalue weighted by Crippen LogP contribution is 2.25. The minimum atomic E-state index is -3.37. The van der Waals surface area contributed by atoms with Gasteiger partial charge in [0.05, 0.1) is 29.8 Å². The first-order chi connectivity index (χ1) is 15.6. The molecular weight excluding hydrogens is 442 g/mol. The summed E-state index contributed by atoms with van der Waals surface area (Å²) in [7, 11) is -3.37. The zero-order chi connectivity index (χ0) is 23.9. The van der Waals surface area contributed by atoms with Crippen LogP contribution in [0.5, 0.6) is 5.75 Å². The Hall–Kier alpha value is -2.42. The van der Waals surface area contributed by atoms with Crippen molar-refractivity contribution in [1.82, 2.24) is 4.90 Å². The van der Waals surface area contributed by atoms with Gasteiger partial charge in [-0.25, -0.2) is 8.42 Å². The van der Waals surface area contributed by atoms with Gasteiger partial charge < -0.3 is 14.2 Å². The van der Waals surface area contributed by atoms with Crippen LogP contribution in [0.2, 0.25) is 0 Å². The minimum Gasteiger partial charge on any atom is -0.493 e. The smallest absolute Gasteiger partial charge is 0.307 e. The van der Waals surface area contributed by atoms with Gasteiger partial charge in [-0.1, -0.05) is 30.3 Å². The molecule has 1 atom stereocenters. The molecule has 1 aliphatic rings. The molecule has 0 amide bonds. The topological polar surface area (TPSA) is 82.1 Å². The Balaban J connectivity index is 1.46. The molecule has 1 unspecified atom stereocenters. The van der Waals surface area contributed by atoms with E-state index in [2.05, 4.69) is 4.90 Å². The second-order valence-electron chi connectivity index (χ2n) is 9.05. The highest BCUT2D eigenvalue weighted by atomic mass is 32.2. The lowest BCUT2D eigenvalue weighted by molar-refractivity contribution is -0.155. The van der Waals surface area contributed by atoms with Gasteiger partial charge in [0.2, 0.25) is 0 Å². The van der Waals surface area contributed by atoms with E-state index in [-0.39, 0.29) is 24.4 Å². The maximum absolute atomic E-state index is 12.3. The van der Waals surface area contributed by atoms with Gasteiger partial charge in [-0.3, -0.25) is 9.69 Å². The van der Waals surface area contributed by atoms with Crippen LogP contribution in [0, 0.1) is 0 Å². The molecule has 0 N–H and O–H groups in total. The summed E-state index contributed by atoms with van der Waals surface area (Å²) < 4.78 is 41.6. The molecule has 0 spiro atoms. The average molecular weight is 476 g/mol. The van der Waals surface area contributed by atoms with Crippen LogP contribution in [-0.4, -0.2) is 63.5 Å². The second-order valence-corrected chi connectivity index (χ2v) is 11.2. The first-order valence-corrected chi connectivity index (χ1v) is 12.8. The molecule has 0 aliphatic carbocycles. The van der Waals surface area contributed by atoms with E-state index < -0.39 is 15.4 Å². The van der Waals surface area contributed by atoms with Crippen molar-refractivity contribution >= 4 is 15.8 Å². The lowest BCUT2D eigenvalue weighted by Crippen LogP contribution is -2.39. The lowest BCUT2D eigenvalue weighted by Gasteiger charge is -2.33. The van der Waals surface area contributed by atoms with E-state index in [4.69, 9.17) is 14.2 Å². The van der Waals surface area contributed by atoms with Gasteiger partial charge in [-0.05, 0) is 50.6 Å². The fourth-order valence-corrected chi connectivity index (χ4v) is 4.65. The van der Waals surface area contributed by atoms with E-state index in [1.165, 1.54) is 0 Å². The number of hydrogen-bond acceptors (Lipinski definition) is 7. The number of carbonyl (C=O) groups excluding carboxylic acids is 1. The van der Waals surface area contributed by atoms with Crippen LogP contribution in [0.3, 0.4) is 0 Å². The number of esters is 1. The van der Waals surface area contributed by atoms with Gasteiger partial charge in [0.15, 0.2) is 9.84 Å². The molecule has 7 nitrogen and oxygen atoms in total. The summed E-state index contributed by atoms with van der Waals surface area (Å²) in [6, 6.07) is 15.9. The molecule has 0 radical (unpaired) electrons. The normalized spacial score (nSPS) is 17.5. The molecule has 3 rings (SSSR count). The summed E-state index contributed by atoms with van der Waals surface area (Å²) in [6.45, 7) is 8.37. The molecule has 180 valence electrons. The summed E-state index contributed by atoms with van der Waals surface area (Å²) in [6.07, 6.45) is 0.257. The van der Waals surface area contributed by atoms with Gasteiger partial charge in [-0.2, -0.15) is 0 Å². The third kappa shape index (κ3) is 8.14. The number of sulfone groups is 1. The van der Waals surface area contributed by atoms with Crippen LogP contribution in [-0.2, 0) is 24.1 Å². The van der Waals surface area contributed by atoms with Gasteiger partial charge in [0, 0.05) is 19.6 Å². The van der Waals surface area contributed by atoms with Crippen molar-refractivity contribution in [3.05, 3.63) is 60.2 Å². The molecule has 1 saturated heterocycles. The van der Waals surface area contributed by atoms with Crippen LogP contribution in [0.15, 0.2) is 59.5 Å². The Kier molecular flexibility index (Phi) is 8.51. The van der Waals surface area contributed by atoms with E-state index in [0.717, 1.165) is 12.1 Å². The second kappa shape index (κ2) is 11.1. The molecular formula is C25H33NO6S. The Labute approximate surface area is 196 Å². The van der Waals surface area contributed by atoms with Crippen molar-refractivity contribution in [3.63, 3.8) is 0 Å². The number of nitrogens with zero attached hydrogens (tertiary/aromatic N) is 1. The van der Waals surface area contributed by atoms with Crippen molar-refractivity contribution in [2.45, 2.75) is 43.8 Å². The van der Waals surface area contributed by atoms with E-state index in [0.29, 0.717) is 36.8 Å². The molecule has 1 fully saturated rings. The average Bonchev–Trinajstić information content (AvgIpc) is 2.78. The van der Waals surface area contributed by atoms with Gasteiger partial charge in [-0.15, -0.1) is 0 Å². The SMILES string of the molecule is CC(C)(C)OC(=O)CCN1CCOC(c2ccc(OCCS(=O)(=O)c3ccccc3)cc2)C1. The number of ether oxygens (including phenoxy) is 3. The number of morpholine rings is 1. The quantitative estimate of drug-likeness (QED) is 0.512. The molecule has 1 heterocycles.